The van der Waals surface area contributed by atoms with Gasteiger partial charge in [0.1, 0.15) is 0 Å². The maximum absolute atomic E-state index is 13.6. The van der Waals surface area contributed by atoms with E-state index in [2.05, 4.69) is 0 Å². The normalized spacial score (nSPS) is 11.3. The summed E-state index contributed by atoms with van der Waals surface area (Å²) in [5.74, 6) is -0.624. The average molecular weight is 502 g/mol. The highest BCUT2D eigenvalue weighted by molar-refractivity contribution is 7.73. The molecule has 4 rings (SSSR count). The van der Waals surface area contributed by atoms with Crippen molar-refractivity contribution in [1.82, 2.24) is 4.68 Å². The number of carbonyl (C=O) groups excluding carboxylic acids is 1. The van der Waals surface area contributed by atoms with E-state index in [9.17, 15) is 28.1 Å². The van der Waals surface area contributed by atoms with Gasteiger partial charge in [0.05, 0.1) is 21.9 Å². The molecule has 172 valence electrons. The van der Waals surface area contributed by atoms with Gasteiger partial charge >= 0.3 is 6.18 Å². The van der Waals surface area contributed by atoms with Gasteiger partial charge in [-0.25, -0.2) is 9.69 Å². The number of hydrogen-bond acceptors (Lipinski definition) is 5. The van der Waals surface area contributed by atoms with Crippen LogP contribution in [-0.2, 0) is 6.18 Å². The highest BCUT2D eigenvalue weighted by Crippen LogP contribution is 2.32. The molecule has 0 saturated heterocycles. The molecule has 0 fully saturated rings. The number of non-ortho nitro benzene ring substituents is 1. The number of anilines is 1. The van der Waals surface area contributed by atoms with Gasteiger partial charge in [-0.1, -0.05) is 30.3 Å². The fourth-order valence-electron chi connectivity index (χ4n) is 3.28. The Kier molecular flexibility index (Phi) is 6.31. The molecule has 0 saturated carbocycles. The summed E-state index contributed by atoms with van der Waals surface area (Å²) in [6.45, 7) is 0. The summed E-state index contributed by atoms with van der Waals surface area (Å²) >= 11 is 6.62. The standard InChI is InChI=1S/C23H14F3N3O3S2/c24-23(25,26)17-11-9-15(10-12-17)21(30)27(18-6-2-1-3-7-18)28-20(14-34-22(28)33)16-5-4-8-19(13-16)29(31)32/h1-14H. The molecule has 4 aromatic rings. The van der Waals surface area contributed by atoms with Gasteiger partial charge in [0.15, 0.2) is 3.95 Å². The minimum atomic E-state index is -4.54. The summed E-state index contributed by atoms with van der Waals surface area (Å²) in [5.41, 5.74) is 0.273. The molecule has 0 bridgehead atoms. The third-order valence-electron chi connectivity index (χ3n) is 4.88. The lowest BCUT2D eigenvalue weighted by Crippen LogP contribution is -2.36. The predicted octanol–water partition coefficient (Wildman–Crippen LogP) is 6.98. The van der Waals surface area contributed by atoms with Gasteiger partial charge in [0.25, 0.3) is 11.6 Å². The van der Waals surface area contributed by atoms with Crippen LogP contribution in [0.3, 0.4) is 0 Å². The van der Waals surface area contributed by atoms with E-state index in [-0.39, 0.29) is 15.2 Å². The Balaban J connectivity index is 1.87. The fraction of sp³-hybridized carbons (Fsp3) is 0.0435. The topological polar surface area (TPSA) is 68.4 Å². The first-order valence-electron chi connectivity index (χ1n) is 9.69. The van der Waals surface area contributed by atoms with Crippen molar-refractivity contribution < 1.29 is 22.9 Å². The number of rotatable bonds is 5. The number of nitrogens with zero attached hydrogens (tertiary/aromatic N) is 3. The van der Waals surface area contributed by atoms with Crippen molar-refractivity contribution in [2.45, 2.75) is 6.18 Å². The zero-order chi connectivity index (χ0) is 24.5. The van der Waals surface area contributed by atoms with Gasteiger partial charge in [-0.3, -0.25) is 14.9 Å². The maximum Gasteiger partial charge on any atom is 0.416 e. The lowest BCUT2D eigenvalue weighted by Gasteiger charge is -2.26. The van der Waals surface area contributed by atoms with Crippen LogP contribution >= 0.6 is 23.6 Å². The molecule has 0 atom stereocenters. The average Bonchev–Trinajstić information content (AvgIpc) is 3.20. The summed E-state index contributed by atoms with van der Waals surface area (Å²) in [6, 6.07) is 18.2. The Morgan fingerprint density at radius 2 is 1.68 bits per heavy atom. The third-order valence-corrected chi connectivity index (χ3v) is 6.05. The summed E-state index contributed by atoms with van der Waals surface area (Å²) < 4.78 is 40.7. The summed E-state index contributed by atoms with van der Waals surface area (Å²) in [5, 5.41) is 14.2. The first-order valence-corrected chi connectivity index (χ1v) is 11.0. The lowest BCUT2D eigenvalue weighted by atomic mass is 10.1. The molecule has 34 heavy (non-hydrogen) atoms. The number of thiazole rings is 1. The lowest BCUT2D eigenvalue weighted by molar-refractivity contribution is -0.384. The predicted molar refractivity (Wildman–Crippen MR) is 125 cm³/mol. The first-order chi connectivity index (χ1) is 16.2. The van der Waals surface area contributed by atoms with Crippen molar-refractivity contribution in [2.75, 3.05) is 5.01 Å². The quantitative estimate of drug-likeness (QED) is 0.168. The van der Waals surface area contributed by atoms with E-state index in [1.807, 2.05) is 0 Å². The van der Waals surface area contributed by atoms with Crippen molar-refractivity contribution in [3.05, 3.63) is 109 Å². The highest BCUT2D eigenvalue weighted by Gasteiger charge is 2.31. The highest BCUT2D eigenvalue weighted by atomic mass is 32.1. The molecular formula is C23H14F3N3O3S2. The number of halogens is 3. The molecule has 0 unspecified atom stereocenters. The van der Waals surface area contributed by atoms with Gasteiger partial charge in [-0.2, -0.15) is 13.2 Å². The van der Waals surface area contributed by atoms with Crippen molar-refractivity contribution in [3.63, 3.8) is 0 Å². The molecule has 0 radical (unpaired) electrons. The van der Waals surface area contributed by atoms with Crippen LogP contribution < -0.4 is 5.01 Å². The molecule has 6 nitrogen and oxygen atoms in total. The largest absolute Gasteiger partial charge is 0.416 e. The smallest absolute Gasteiger partial charge is 0.267 e. The zero-order valence-corrected chi connectivity index (χ0v) is 18.7. The number of nitro benzene ring substituents is 1. The number of aromatic nitrogens is 1. The fourth-order valence-corrected chi connectivity index (χ4v) is 4.33. The molecule has 1 heterocycles. The minimum absolute atomic E-state index is 0.00921. The second-order valence-electron chi connectivity index (χ2n) is 7.03. The van der Waals surface area contributed by atoms with Gasteiger partial charge < -0.3 is 0 Å². The monoisotopic (exact) mass is 501 g/mol. The van der Waals surface area contributed by atoms with Crippen LogP contribution in [0.1, 0.15) is 15.9 Å². The Morgan fingerprint density at radius 3 is 2.29 bits per heavy atom. The molecule has 0 spiro atoms. The molecule has 3 aromatic carbocycles. The molecule has 1 amide bonds. The first kappa shape index (κ1) is 23.3. The van der Waals surface area contributed by atoms with E-state index in [1.165, 1.54) is 27.9 Å². The maximum atomic E-state index is 13.6. The Bertz CT molecular complexity index is 1420. The van der Waals surface area contributed by atoms with E-state index < -0.39 is 22.6 Å². The number of alkyl halides is 3. The van der Waals surface area contributed by atoms with Gasteiger partial charge in [0.2, 0.25) is 0 Å². The molecule has 11 heteroatoms. The van der Waals surface area contributed by atoms with Crippen LogP contribution in [0.5, 0.6) is 0 Å². The van der Waals surface area contributed by atoms with Crippen LogP contribution in [0.4, 0.5) is 24.5 Å². The number of nitro groups is 1. The number of carbonyl (C=O) groups is 1. The van der Waals surface area contributed by atoms with E-state index in [4.69, 9.17) is 12.2 Å². The number of benzene rings is 3. The van der Waals surface area contributed by atoms with Crippen LogP contribution in [0, 0.1) is 14.1 Å². The van der Waals surface area contributed by atoms with E-state index in [0.29, 0.717) is 16.9 Å². The number of amides is 1. The van der Waals surface area contributed by atoms with E-state index in [1.54, 1.807) is 41.8 Å². The second-order valence-corrected chi connectivity index (χ2v) is 8.54. The van der Waals surface area contributed by atoms with Crippen LogP contribution in [0.25, 0.3) is 11.3 Å². The number of hydrogen-bond donors (Lipinski definition) is 0. The summed E-state index contributed by atoms with van der Waals surface area (Å²) in [4.78, 5) is 24.3. The Labute approximate surface area is 200 Å². The van der Waals surface area contributed by atoms with E-state index in [0.717, 1.165) is 35.6 Å². The van der Waals surface area contributed by atoms with E-state index >= 15 is 0 Å². The number of para-hydroxylation sites is 1. The zero-order valence-electron chi connectivity index (χ0n) is 17.1. The molecule has 0 aliphatic carbocycles. The van der Waals surface area contributed by atoms with Crippen LogP contribution in [0.2, 0.25) is 0 Å². The van der Waals surface area contributed by atoms with Gasteiger partial charge in [-0.05, 0) is 48.6 Å². The van der Waals surface area contributed by atoms with Crippen LogP contribution in [-0.4, -0.2) is 15.5 Å². The van der Waals surface area contributed by atoms with Crippen molar-refractivity contribution in [2.24, 2.45) is 0 Å². The molecule has 0 aliphatic heterocycles. The minimum Gasteiger partial charge on any atom is -0.267 e. The van der Waals surface area contributed by atoms with Gasteiger partial charge in [-0.15, -0.1) is 11.3 Å². The summed E-state index contributed by atoms with van der Waals surface area (Å²) in [7, 11) is 0. The summed E-state index contributed by atoms with van der Waals surface area (Å²) in [6.07, 6.45) is -4.54. The molecule has 1 aromatic heterocycles. The Hall–Kier alpha value is -3.83. The second kappa shape index (κ2) is 9.20. The van der Waals surface area contributed by atoms with Gasteiger partial charge in [0, 0.05) is 28.6 Å². The van der Waals surface area contributed by atoms with Crippen LogP contribution in [0.15, 0.2) is 84.2 Å². The SMILES string of the molecule is O=C(c1ccc(C(F)(F)F)cc1)N(c1ccccc1)n1c(-c2cccc([N+](=O)[O-])c2)csc1=S. The Morgan fingerprint density at radius 1 is 1.00 bits per heavy atom. The molecule has 0 aliphatic rings. The van der Waals surface area contributed by atoms with Crippen molar-refractivity contribution in [1.29, 1.82) is 0 Å². The van der Waals surface area contributed by atoms with Crippen molar-refractivity contribution >= 4 is 40.8 Å². The molecule has 0 N–H and O–H groups in total. The molecular weight excluding hydrogens is 487 g/mol. The third kappa shape index (κ3) is 4.61. The van der Waals surface area contributed by atoms with Crippen molar-refractivity contribution in [3.8, 4) is 11.3 Å².